The maximum Gasteiger partial charge on any atom is 0.266 e. The van der Waals surface area contributed by atoms with E-state index >= 15 is 0 Å². The molecule has 0 atom stereocenters. The van der Waals surface area contributed by atoms with Crippen molar-refractivity contribution in [1.29, 1.82) is 0 Å². The number of carbonyl (C=O) groups excluding carboxylic acids is 1. The molecule has 1 heterocycles. The summed E-state index contributed by atoms with van der Waals surface area (Å²) in [5, 5.41) is 4.97. The summed E-state index contributed by atoms with van der Waals surface area (Å²) in [5.41, 5.74) is 5.31. The highest BCUT2D eigenvalue weighted by atomic mass is 32.2. The fourth-order valence-corrected chi connectivity index (χ4v) is 4.21. The average Bonchev–Trinajstić information content (AvgIpc) is 2.88. The molecule has 0 spiro atoms. The summed E-state index contributed by atoms with van der Waals surface area (Å²) < 4.78 is 12.1. The van der Waals surface area contributed by atoms with Gasteiger partial charge in [-0.3, -0.25) is 14.2 Å². The number of aryl methyl sites for hydroxylation is 1. The number of ether oxygens (including phenoxy) is 2. The number of aromatic nitrogens is 2. The molecule has 1 N–H and O–H groups in total. The van der Waals surface area contributed by atoms with Crippen molar-refractivity contribution in [3.05, 3.63) is 88.2 Å². The van der Waals surface area contributed by atoms with Crippen LogP contribution in [0.15, 0.2) is 81.8 Å². The van der Waals surface area contributed by atoms with Gasteiger partial charge in [0.15, 0.2) is 5.16 Å². The molecule has 0 bridgehead atoms. The Morgan fingerprint density at radius 1 is 1.09 bits per heavy atom. The van der Waals surface area contributed by atoms with E-state index in [0.29, 0.717) is 38.8 Å². The topological polar surface area (TPSA) is 94.8 Å². The van der Waals surface area contributed by atoms with Crippen molar-refractivity contribution in [2.75, 3.05) is 20.0 Å². The number of fused-ring (bicyclic) bond motifs is 1. The summed E-state index contributed by atoms with van der Waals surface area (Å²) in [6.07, 6.45) is 1.49. The van der Waals surface area contributed by atoms with Crippen molar-refractivity contribution in [3.8, 4) is 17.2 Å². The number of amides is 1. The van der Waals surface area contributed by atoms with E-state index in [1.807, 2.05) is 37.3 Å². The van der Waals surface area contributed by atoms with Crippen LogP contribution in [0.2, 0.25) is 0 Å². The first-order valence-corrected chi connectivity index (χ1v) is 11.7. The number of hydrogen-bond acceptors (Lipinski definition) is 7. The second-order valence-electron chi connectivity index (χ2n) is 7.58. The molecule has 1 aromatic heterocycles. The van der Waals surface area contributed by atoms with Gasteiger partial charge < -0.3 is 9.47 Å². The Labute approximate surface area is 206 Å². The Balaban J connectivity index is 1.54. The second kappa shape index (κ2) is 10.9. The number of hydrazone groups is 1. The molecule has 3 aromatic carbocycles. The molecule has 9 heteroatoms. The fraction of sp³-hybridized carbons (Fsp3) is 0.154. The Hall–Kier alpha value is -4.11. The van der Waals surface area contributed by atoms with Crippen LogP contribution in [0.25, 0.3) is 16.6 Å². The number of rotatable bonds is 8. The summed E-state index contributed by atoms with van der Waals surface area (Å²) in [7, 11) is 3.12. The molecule has 8 nitrogen and oxygen atoms in total. The lowest BCUT2D eigenvalue weighted by Crippen LogP contribution is -2.24. The first kappa shape index (κ1) is 24.0. The third-order valence-electron chi connectivity index (χ3n) is 5.20. The molecule has 0 aliphatic carbocycles. The molecule has 4 aromatic rings. The number of methoxy groups -OCH3 is 2. The van der Waals surface area contributed by atoms with E-state index in [1.54, 1.807) is 50.6 Å². The van der Waals surface area contributed by atoms with Gasteiger partial charge in [-0.15, -0.1) is 0 Å². The van der Waals surface area contributed by atoms with Crippen LogP contribution in [0.3, 0.4) is 0 Å². The first-order chi connectivity index (χ1) is 17.0. The van der Waals surface area contributed by atoms with Crippen LogP contribution in [-0.2, 0) is 4.79 Å². The van der Waals surface area contributed by atoms with Crippen LogP contribution in [0, 0.1) is 6.92 Å². The molecule has 0 unspecified atom stereocenters. The third-order valence-corrected chi connectivity index (χ3v) is 6.14. The quantitative estimate of drug-likeness (QED) is 0.175. The number of hydrogen-bond donors (Lipinski definition) is 1. The van der Waals surface area contributed by atoms with E-state index in [4.69, 9.17) is 9.47 Å². The normalized spacial score (nSPS) is 11.1. The largest absolute Gasteiger partial charge is 0.497 e. The van der Waals surface area contributed by atoms with Crippen LogP contribution >= 0.6 is 11.8 Å². The molecule has 0 aliphatic rings. The first-order valence-electron chi connectivity index (χ1n) is 10.8. The van der Waals surface area contributed by atoms with Crippen molar-refractivity contribution >= 4 is 34.8 Å². The Morgan fingerprint density at radius 2 is 1.86 bits per heavy atom. The van der Waals surface area contributed by atoms with Gasteiger partial charge in [-0.05, 0) is 49.4 Å². The third kappa shape index (κ3) is 5.52. The minimum Gasteiger partial charge on any atom is -0.497 e. The molecule has 4 rings (SSSR count). The van der Waals surface area contributed by atoms with Gasteiger partial charge in [0.25, 0.3) is 11.5 Å². The van der Waals surface area contributed by atoms with Gasteiger partial charge in [-0.2, -0.15) is 5.10 Å². The van der Waals surface area contributed by atoms with Gasteiger partial charge in [0.05, 0.1) is 42.8 Å². The number of nitrogens with one attached hydrogen (secondary N) is 1. The number of nitrogens with zero attached hydrogens (tertiary/aromatic N) is 3. The highest BCUT2D eigenvalue weighted by Crippen LogP contribution is 2.23. The Bertz CT molecular complexity index is 1450. The highest BCUT2D eigenvalue weighted by molar-refractivity contribution is 7.99. The average molecular weight is 489 g/mol. The van der Waals surface area contributed by atoms with E-state index in [0.717, 1.165) is 17.3 Å². The predicted molar refractivity (Wildman–Crippen MR) is 138 cm³/mol. The van der Waals surface area contributed by atoms with Crippen LogP contribution in [0.1, 0.15) is 11.1 Å². The summed E-state index contributed by atoms with van der Waals surface area (Å²) in [4.78, 5) is 30.4. The second-order valence-corrected chi connectivity index (χ2v) is 8.52. The SMILES string of the molecule is COc1ccc(OC)c(/C=N\NC(=O)CSc2nc3ccccc3c(=O)n2-c2ccc(C)cc2)c1. The van der Waals surface area contributed by atoms with Crippen LogP contribution < -0.4 is 20.5 Å². The molecule has 0 saturated heterocycles. The monoisotopic (exact) mass is 488 g/mol. The number of benzene rings is 3. The van der Waals surface area contributed by atoms with Crippen LogP contribution in [0.5, 0.6) is 11.5 Å². The van der Waals surface area contributed by atoms with Gasteiger partial charge in [0.1, 0.15) is 11.5 Å². The van der Waals surface area contributed by atoms with Crippen molar-refractivity contribution in [2.45, 2.75) is 12.1 Å². The van der Waals surface area contributed by atoms with E-state index in [-0.39, 0.29) is 17.2 Å². The molecule has 178 valence electrons. The summed E-state index contributed by atoms with van der Waals surface area (Å²) in [6, 6.07) is 20.0. The summed E-state index contributed by atoms with van der Waals surface area (Å²) in [6.45, 7) is 1.98. The van der Waals surface area contributed by atoms with E-state index in [1.165, 1.54) is 10.8 Å². The number of carbonyl (C=O) groups is 1. The maximum atomic E-state index is 13.3. The maximum absolute atomic E-state index is 13.3. The van der Waals surface area contributed by atoms with Crippen molar-refractivity contribution in [3.63, 3.8) is 0 Å². The molecule has 1 amide bonds. The van der Waals surface area contributed by atoms with Gasteiger partial charge in [-0.25, -0.2) is 10.4 Å². The van der Waals surface area contributed by atoms with Crippen LogP contribution in [0.4, 0.5) is 0 Å². The minimum atomic E-state index is -0.342. The van der Waals surface area contributed by atoms with Crippen molar-refractivity contribution in [2.24, 2.45) is 5.10 Å². The standard InChI is InChI=1S/C26H24N4O4S/c1-17-8-10-19(11-9-17)30-25(32)21-6-4-5-7-22(21)28-26(30)35-16-24(31)29-27-15-18-14-20(33-2)12-13-23(18)34-3/h4-15H,16H2,1-3H3,(H,29,31)/b27-15-. The molecular formula is C26H24N4O4S. The molecule has 0 saturated carbocycles. The molecule has 0 fully saturated rings. The molecule has 35 heavy (non-hydrogen) atoms. The molecule has 0 radical (unpaired) electrons. The molecular weight excluding hydrogens is 464 g/mol. The van der Waals surface area contributed by atoms with Gasteiger partial charge in [0, 0.05) is 5.56 Å². The highest BCUT2D eigenvalue weighted by Gasteiger charge is 2.14. The zero-order valence-electron chi connectivity index (χ0n) is 19.5. The smallest absolute Gasteiger partial charge is 0.266 e. The lowest BCUT2D eigenvalue weighted by atomic mass is 10.2. The van der Waals surface area contributed by atoms with Gasteiger partial charge >= 0.3 is 0 Å². The van der Waals surface area contributed by atoms with Gasteiger partial charge in [-0.1, -0.05) is 41.6 Å². The zero-order valence-corrected chi connectivity index (χ0v) is 20.3. The van der Waals surface area contributed by atoms with Gasteiger partial charge in [0.2, 0.25) is 0 Å². The molecule has 0 aliphatic heterocycles. The van der Waals surface area contributed by atoms with E-state index in [9.17, 15) is 9.59 Å². The zero-order chi connectivity index (χ0) is 24.8. The Kier molecular flexibility index (Phi) is 7.47. The lowest BCUT2D eigenvalue weighted by Gasteiger charge is -2.13. The minimum absolute atomic E-state index is 0.0171. The Morgan fingerprint density at radius 3 is 2.60 bits per heavy atom. The number of para-hydroxylation sites is 1. The predicted octanol–water partition coefficient (Wildman–Crippen LogP) is 3.95. The van der Waals surface area contributed by atoms with Crippen molar-refractivity contribution < 1.29 is 14.3 Å². The van der Waals surface area contributed by atoms with E-state index < -0.39 is 0 Å². The lowest BCUT2D eigenvalue weighted by molar-refractivity contribution is -0.118. The number of thioether (sulfide) groups is 1. The van der Waals surface area contributed by atoms with Crippen molar-refractivity contribution in [1.82, 2.24) is 15.0 Å². The fourth-order valence-electron chi connectivity index (χ4n) is 3.41. The van der Waals surface area contributed by atoms with Crippen LogP contribution in [-0.4, -0.2) is 41.6 Å². The summed E-state index contributed by atoms with van der Waals surface area (Å²) >= 11 is 1.16. The van der Waals surface area contributed by atoms with E-state index in [2.05, 4.69) is 15.5 Å². The summed E-state index contributed by atoms with van der Waals surface area (Å²) in [5.74, 6) is 0.917.